The summed E-state index contributed by atoms with van der Waals surface area (Å²) in [6.07, 6.45) is 0.222. The van der Waals surface area contributed by atoms with Crippen molar-refractivity contribution in [2.24, 2.45) is 0 Å². The van der Waals surface area contributed by atoms with Crippen LogP contribution in [0.1, 0.15) is 22.9 Å². The van der Waals surface area contributed by atoms with Crippen molar-refractivity contribution < 1.29 is 19.2 Å². The highest BCUT2D eigenvalue weighted by Gasteiger charge is 2.49. The van der Waals surface area contributed by atoms with Gasteiger partial charge in [-0.25, -0.2) is 0 Å². The van der Waals surface area contributed by atoms with Crippen molar-refractivity contribution >= 4 is 17.3 Å². The Morgan fingerprint density at radius 2 is 1.64 bits per heavy atom. The summed E-state index contributed by atoms with van der Waals surface area (Å²) in [5.41, 5.74) is 3.84. The fraction of sp³-hybridized carbons (Fsp3) is 0.240. The number of methoxy groups -OCH3 is 2. The molecular weight excluding hydrogens is 422 g/mol. The highest BCUT2D eigenvalue weighted by molar-refractivity contribution is 6.00. The Balaban J connectivity index is 1.62. The molecule has 0 aliphatic carbocycles. The summed E-state index contributed by atoms with van der Waals surface area (Å²) in [4.78, 5) is 28.3. The van der Waals surface area contributed by atoms with Gasteiger partial charge in [-0.3, -0.25) is 24.7 Å². The van der Waals surface area contributed by atoms with E-state index in [1.54, 1.807) is 31.3 Å². The van der Waals surface area contributed by atoms with E-state index in [4.69, 9.17) is 9.47 Å². The summed E-state index contributed by atoms with van der Waals surface area (Å²) < 4.78 is 10.9. The maximum Gasteiger partial charge on any atom is 0.269 e. The largest absolute Gasteiger partial charge is 0.493 e. The number of carbonyl (C=O) groups is 1. The van der Waals surface area contributed by atoms with Gasteiger partial charge in [0, 0.05) is 24.4 Å². The molecule has 3 aromatic rings. The molecule has 8 heteroatoms. The molecule has 0 N–H and O–H groups in total. The van der Waals surface area contributed by atoms with Gasteiger partial charge in [0.1, 0.15) is 6.17 Å². The lowest BCUT2D eigenvalue weighted by Crippen LogP contribution is -2.39. The Hall–Kier alpha value is -3.91. The number of ether oxygens (including phenoxy) is 2. The molecule has 5 rings (SSSR count). The summed E-state index contributed by atoms with van der Waals surface area (Å²) in [5.74, 6) is 1.15. The average molecular weight is 445 g/mol. The monoisotopic (exact) mass is 445 g/mol. The van der Waals surface area contributed by atoms with Crippen LogP contribution in [-0.2, 0) is 17.8 Å². The summed E-state index contributed by atoms with van der Waals surface area (Å²) in [6, 6.07) is 19.6. The van der Waals surface area contributed by atoms with E-state index in [-0.39, 0.29) is 17.6 Å². The Kier molecular flexibility index (Phi) is 5.22. The standard InChI is InChI=1S/C25H23N3O5/c1-32-22-12-7-17(14-23(22)33-2)24-26-15-18-6-4-3-5-16(18)13-21(26)25(29)27(24)19-8-10-20(11-9-19)28(30)31/h3-12,14,21,24H,13,15H2,1-2H3/t21-,24?/m0/s1. The number of benzene rings is 3. The van der Waals surface area contributed by atoms with E-state index in [0.29, 0.717) is 30.2 Å². The number of fused-ring (bicyclic) bond motifs is 2. The minimum Gasteiger partial charge on any atom is -0.493 e. The van der Waals surface area contributed by atoms with Crippen molar-refractivity contribution in [1.82, 2.24) is 4.90 Å². The SMILES string of the molecule is COc1ccc(C2N(c3ccc([N+](=O)[O-])cc3)C(=O)[C@@H]3Cc4ccccc4CN23)cc1OC. The third-order valence-corrected chi connectivity index (χ3v) is 6.41. The number of non-ortho nitro benzene ring substituents is 1. The van der Waals surface area contributed by atoms with Crippen molar-refractivity contribution in [2.45, 2.75) is 25.2 Å². The highest BCUT2D eigenvalue weighted by Crippen LogP contribution is 2.44. The van der Waals surface area contributed by atoms with Crippen molar-refractivity contribution in [2.75, 3.05) is 19.1 Å². The molecule has 168 valence electrons. The maximum atomic E-state index is 13.7. The van der Waals surface area contributed by atoms with Crippen LogP contribution in [0.25, 0.3) is 0 Å². The van der Waals surface area contributed by atoms with Gasteiger partial charge >= 0.3 is 0 Å². The Bertz CT molecular complexity index is 1230. The van der Waals surface area contributed by atoms with Crippen LogP contribution in [0.3, 0.4) is 0 Å². The Morgan fingerprint density at radius 3 is 2.30 bits per heavy atom. The van der Waals surface area contributed by atoms with E-state index in [1.165, 1.54) is 23.3 Å². The van der Waals surface area contributed by atoms with Gasteiger partial charge in [0.05, 0.1) is 25.2 Å². The second kappa shape index (κ2) is 8.22. The van der Waals surface area contributed by atoms with Crippen LogP contribution in [0.4, 0.5) is 11.4 Å². The fourth-order valence-corrected chi connectivity index (χ4v) is 4.82. The van der Waals surface area contributed by atoms with E-state index in [9.17, 15) is 14.9 Å². The predicted octanol–water partition coefficient (Wildman–Crippen LogP) is 4.08. The number of rotatable bonds is 5. The number of anilines is 1. The molecule has 0 radical (unpaired) electrons. The van der Waals surface area contributed by atoms with Crippen LogP contribution in [0.2, 0.25) is 0 Å². The second-order valence-corrected chi connectivity index (χ2v) is 8.13. The molecule has 33 heavy (non-hydrogen) atoms. The molecule has 0 aromatic heterocycles. The molecule has 2 aliphatic heterocycles. The number of carbonyl (C=O) groups excluding carboxylic acids is 1. The zero-order valence-corrected chi connectivity index (χ0v) is 18.3. The summed E-state index contributed by atoms with van der Waals surface area (Å²) in [7, 11) is 3.16. The van der Waals surface area contributed by atoms with Crippen LogP contribution in [0, 0.1) is 10.1 Å². The lowest BCUT2D eigenvalue weighted by atomic mass is 9.94. The van der Waals surface area contributed by atoms with E-state index in [0.717, 1.165) is 5.56 Å². The number of nitrogens with zero attached hydrogens (tertiary/aromatic N) is 3. The normalized spacial score (nSPS) is 19.7. The molecule has 8 nitrogen and oxygen atoms in total. The van der Waals surface area contributed by atoms with Crippen LogP contribution in [-0.4, -0.2) is 36.0 Å². The molecule has 1 fully saturated rings. The van der Waals surface area contributed by atoms with Gasteiger partial charge in [-0.05, 0) is 47.4 Å². The van der Waals surface area contributed by atoms with Gasteiger partial charge < -0.3 is 9.47 Å². The van der Waals surface area contributed by atoms with E-state index < -0.39 is 11.1 Å². The van der Waals surface area contributed by atoms with Crippen molar-refractivity contribution in [3.8, 4) is 11.5 Å². The zero-order valence-electron chi connectivity index (χ0n) is 18.3. The minimum atomic E-state index is -0.443. The highest BCUT2D eigenvalue weighted by atomic mass is 16.6. The first kappa shape index (κ1) is 21.0. The van der Waals surface area contributed by atoms with E-state index in [2.05, 4.69) is 17.0 Å². The van der Waals surface area contributed by atoms with Crippen LogP contribution in [0.15, 0.2) is 66.7 Å². The lowest BCUT2D eigenvalue weighted by molar-refractivity contribution is -0.384. The van der Waals surface area contributed by atoms with Crippen molar-refractivity contribution in [1.29, 1.82) is 0 Å². The predicted molar refractivity (Wildman–Crippen MR) is 122 cm³/mol. The number of hydrogen-bond donors (Lipinski definition) is 0. The van der Waals surface area contributed by atoms with Gasteiger partial charge in [0.25, 0.3) is 5.69 Å². The topological polar surface area (TPSA) is 85.2 Å². The van der Waals surface area contributed by atoms with Crippen molar-refractivity contribution in [3.63, 3.8) is 0 Å². The molecule has 0 bridgehead atoms. The molecule has 2 heterocycles. The molecular formula is C25H23N3O5. The van der Waals surface area contributed by atoms with E-state index in [1.807, 2.05) is 30.3 Å². The first-order valence-corrected chi connectivity index (χ1v) is 10.6. The van der Waals surface area contributed by atoms with Crippen LogP contribution >= 0.6 is 0 Å². The molecule has 1 unspecified atom stereocenters. The molecule has 1 saturated heterocycles. The summed E-state index contributed by atoms with van der Waals surface area (Å²) in [5, 5.41) is 11.1. The van der Waals surface area contributed by atoms with Gasteiger partial charge in [-0.1, -0.05) is 30.3 Å². The Labute approximate surface area is 191 Å². The average Bonchev–Trinajstić information content (AvgIpc) is 3.13. The van der Waals surface area contributed by atoms with Gasteiger partial charge in [-0.15, -0.1) is 0 Å². The van der Waals surface area contributed by atoms with Crippen LogP contribution < -0.4 is 14.4 Å². The fourth-order valence-electron chi connectivity index (χ4n) is 4.82. The summed E-state index contributed by atoms with van der Waals surface area (Å²) in [6.45, 7) is 0.620. The molecule has 1 amide bonds. The Morgan fingerprint density at radius 1 is 0.939 bits per heavy atom. The molecule has 3 aromatic carbocycles. The van der Waals surface area contributed by atoms with Gasteiger partial charge in [-0.2, -0.15) is 0 Å². The molecule has 0 spiro atoms. The lowest BCUT2D eigenvalue weighted by Gasteiger charge is -2.35. The minimum absolute atomic E-state index is 0.0156. The molecule has 2 aliphatic rings. The maximum absolute atomic E-state index is 13.7. The van der Waals surface area contributed by atoms with Crippen LogP contribution in [0.5, 0.6) is 11.5 Å². The third kappa shape index (κ3) is 3.48. The third-order valence-electron chi connectivity index (χ3n) is 6.41. The smallest absolute Gasteiger partial charge is 0.269 e. The quantitative estimate of drug-likeness (QED) is 0.435. The second-order valence-electron chi connectivity index (χ2n) is 8.13. The van der Waals surface area contributed by atoms with Gasteiger partial charge in [0.15, 0.2) is 11.5 Å². The summed E-state index contributed by atoms with van der Waals surface area (Å²) >= 11 is 0. The number of hydrogen-bond acceptors (Lipinski definition) is 6. The van der Waals surface area contributed by atoms with E-state index >= 15 is 0 Å². The molecule has 0 saturated carbocycles. The number of amides is 1. The number of nitro groups is 1. The first-order valence-electron chi connectivity index (χ1n) is 10.6. The first-order chi connectivity index (χ1) is 16.0. The van der Waals surface area contributed by atoms with Gasteiger partial charge in [0.2, 0.25) is 5.91 Å². The molecule has 2 atom stereocenters. The zero-order chi connectivity index (χ0) is 23.1. The van der Waals surface area contributed by atoms with Crippen molar-refractivity contribution in [3.05, 3.63) is 93.5 Å². The number of nitro benzene ring substituents is 1.